The fourth-order valence-electron chi connectivity index (χ4n) is 3.83. The van der Waals surface area contributed by atoms with Gasteiger partial charge in [-0.05, 0) is 18.9 Å². The average Bonchev–Trinajstić information content (AvgIpc) is 2.70. The van der Waals surface area contributed by atoms with Crippen molar-refractivity contribution in [1.82, 2.24) is 4.90 Å². The number of anilines is 1. The molecule has 1 aliphatic carbocycles. The van der Waals surface area contributed by atoms with Crippen molar-refractivity contribution < 1.29 is 4.79 Å². The van der Waals surface area contributed by atoms with Gasteiger partial charge in [-0.25, -0.2) is 0 Å². The van der Waals surface area contributed by atoms with E-state index in [0.717, 1.165) is 42.5 Å². The van der Waals surface area contributed by atoms with Gasteiger partial charge in [-0.3, -0.25) is 4.79 Å². The van der Waals surface area contributed by atoms with E-state index in [1.807, 2.05) is 42.1 Å². The van der Waals surface area contributed by atoms with Crippen LogP contribution in [0.15, 0.2) is 18.2 Å². The minimum atomic E-state index is -0.425. The van der Waals surface area contributed by atoms with Crippen molar-refractivity contribution in [3.8, 4) is 6.07 Å². The number of rotatable bonds is 2. The molecule has 1 unspecified atom stereocenters. The summed E-state index contributed by atoms with van der Waals surface area (Å²) in [4.78, 5) is 16.9. The van der Waals surface area contributed by atoms with Crippen molar-refractivity contribution in [2.24, 2.45) is 0 Å². The topological polar surface area (TPSA) is 47.3 Å². The Bertz CT molecular complexity index is 609. The molecule has 2 aliphatic rings. The summed E-state index contributed by atoms with van der Waals surface area (Å²) in [5.74, 6) is 0.0396. The van der Waals surface area contributed by atoms with Crippen molar-refractivity contribution in [3.63, 3.8) is 0 Å². The number of nitriles is 1. The highest BCUT2D eigenvalue weighted by Crippen LogP contribution is 2.41. The van der Waals surface area contributed by atoms with E-state index in [2.05, 4.69) is 6.07 Å². The SMILES string of the molecule is CN(C)c1cccc2c1C(=O)N(C1CCCCCC1)C2C#N. The van der Waals surface area contributed by atoms with Gasteiger partial charge in [-0.2, -0.15) is 5.26 Å². The first kappa shape index (κ1) is 14.9. The Morgan fingerprint density at radius 2 is 1.86 bits per heavy atom. The predicted octanol–water partition coefficient (Wildman–Crippen LogP) is 3.50. The maximum atomic E-state index is 13.1. The van der Waals surface area contributed by atoms with Gasteiger partial charge >= 0.3 is 0 Å². The van der Waals surface area contributed by atoms with Crippen LogP contribution in [0.3, 0.4) is 0 Å². The minimum absolute atomic E-state index is 0.0396. The fraction of sp³-hybridized carbons (Fsp3) is 0.556. The van der Waals surface area contributed by atoms with Gasteiger partial charge in [0.25, 0.3) is 5.91 Å². The highest BCUT2D eigenvalue weighted by molar-refractivity contribution is 6.05. The predicted molar refractivity (Wildman–Crippen MR) is 86.8 cm³/mol. The van der Waals surface area contributed by atoms with Crippen LogP contribution in [0.2, 0.25) is 0 Å². The van der Waals surface area contributed by atoms with Gasteiger partial charge < -0.3 is 9.80 Å². The molecule has 0 radical (unpaired) electrons. The Kier molecular flexibility index (Phi) is 4.06. The first-order valence-corrected chi connectivity index (χ1v) is 8.17. The summed E-state index contributed by atoms with van der Waals surface area (Å²) in [7, 11) is 3.89. The Morgan fingerprint density at radius 1 is 1.18 bits per heavy atom. The summed E-state index contributed by atoms with van der Waals surface area (Å²) >= 11 is 0. The molecule has 4 heteroatoms. The van der Waals surface area contributed by atoms with Crippen molar-refractivity contribution in [2.45, 2.75) is 50.6 Å². The number of carbonyl (C=O) groups is 1. The molecule has 1 aliphatic heterocycles. The zero-order valence-corrected chi connectivity index (χ0v) is 13.4. The summed E-state index contributed by atoms with van der Waals surface area (Å²) in [6.07, 6.45) is 6.84. The van der Waals surface area contributed by atoms with Crippen LogP contribution in [0.5, 0.6) is 0 Å². The van der Waals surface area contributed by atoms with E-state index in [9.17, 15) is 10.1 Å². The van der Waals surface area contributed by atoms with E-state index in [0.29, 0.717) is 0 Å². The molecule has 1 fully saturated rings. The second-order valence-electron chi connectivity index (χ2n) is 6.53. The molecule has 1 heterocycles. The van der Waals surface area contributed by atoms with Crippen molar-refractivity contribution >= 4 is 11.6 Å². The number of hydrogen-bond donors (Lipinski definition) is 0. The third kappa shape index (κ3) is 2.35. The lowest BCUT2D eigenvalue weighted by molar-refractivity contribution is 0.0654. The third-order valence-electron chi connectivity index (χ3n) is 4.92. The van der Waals surface area contributed by atoms with Crippen LogP contribution in [0, 0.1) is 11.3 Å². The van der Waals surface area contributed by atoms with Crippen LogP contribution in [0.4, 0.5) is 5.69 Å². The Balaban J connectivity index is 2.02. The van der Waals surface area contributed by atoms with Crippen LogP contribution in [0.1, 0.15) is 60.5 Å². The molecule has 0 bridgehead atoms. The number of nitrogens with zero attached hydrogens (tertiary/aromatic N) is 3. The van der Waals surface area contributed by atoms with E-state index >= 15 is 0 Å². The Labute approximate surface area is 132 Å². The van der Waals surface area contributed by atoms with E-state index in [1.54, 1.807) is 0 Å². The number of carbonyl (C=O) groups excluding carboxylic acids is 1. The first-order chi connectivity index (χ1) is 10.6. The number of amides is 1. The molecular weight excluding hydrogens is 274 g/mol. The Morgan fingerprint density at radius 3 is 2.45 bits per heavy atom. The average molecular weight is 297 g/mol. The maximum absolute atomic E-state index is 13.1. The summed E-state index contributed by atoms with van der Waals surface area (Å²) < 4.78 is 0. The van der Waals surface area contributed by atoms with Crippen LogP contribution < -0.4 is 4.90 Å². The molecule has 1 aromatic rings. The van der Waals surface area contributed by atoms with Crippen molar-refractivity contribution in [3.05, 3.63) is 29.3 Å². The normalized spacial score (nSPS) is 22.1. The standard InChI is InChI=1S/C18H23N3O/c1-20(2)15-11-7-10-14-16(12-19)21(18(22)17(14)15)13-8-5-3-4-6-9-13/h7,10-11,13,16H,3-6,8-9H2,1-2H3. The quantitative estimate of drug-likeness (QED) is 0.785. The Hall–Kier alpha value is -2.02. The van der Waals surface area contributed by atoms with E-state index in [4.69, 9.17) is 0 Å². The highest BCUT2D eigenvalue weighted by atomic mass is 16.2. The van der Waals surface area contributed by atoms with Gasteiger partial charge in [0.15, 0.2) is 0 Å². The summed E-state index contributed by atoms with van der Waals surface area (Å²) in [6, 6.07) is 8.00. The number of fused-ring (bicyclic) bond motifs is 1. The smallest absolute Gasteiger partial charge is 0.257 e. The second-order valence-corrected chi connectivity index (χ2v) is 6.53. The van der Waals surface area contributed by atoms with Gasteiger partial charge in [-0.15, -0.1) is 0 Å². The largest absolute Gasteiger partial charge is 0.377 e. The zero-order chi connectivity index (χ0) is 15.7. The molecule has 1 saturated carbocycles. The van der Waals surface area contributed by atoms with E-state index in [-0.39, 0.29) is 11.9 Å². The molecule has 4 nitrogen and oxygen atoms in total. The van der Waals surface area contributed by atoms with Crippen LogP contribution >= 0.6 is 0 Å². The molecule has 3 rings (SSSR count). The molecule has 0 spiro atoms. The van der Waals surface area contributed by atoms with E-state index < -0.39 is 6.04 Å². The van der Waals surface area contributed by atoms with Crippen LogP contribution in [-0.2, 0) is 0 Å². The van der Waals surface area contributed by atoms with Gasteiger partial charge in [-0.1, -0.05) is 37.8 Å². The monoisotopic (exact) mass is 297 g/mol. The van der Waals surface area contributed by atoms with E-state index in [1.165, 1.54) is 12.8 Å². The summed E-state index contributed by atoms with van der Waals surface area (Å²) in [5, 5.41) is 9.67. The lowest BCUT2D eigenvalue weighted by Crippen LogP contribution is -2.37. The molecule has 0 aromatic heterocycles. The molecule has 1 atom stereocenters. The number of hydrogen-bond acceptors (Lipinski definition) is 3. The fourth-order valence-corrected chi connectivity index (χ4v) is 3.83. The number of benzene rings is 1. The van der Waals surface area contributed by atoms with Gasteiger partial charge in [0.1, 0.15) is 6.04 Å². The van der Waals surface area contributed by atoms with Gasteiger partial charge in [0.05, 0.1) is 11.6 Å². The lowest BCUT2D eigenvalue weighted by Gasteiger charge is -2.29. The molecule has 1 amide bonds. The molecule has 116 valence electrons. The summed E-state index contributed by atoms with van der Waals surface area (Å²) in [5.41, 5.74) is 2.52. The van der Waals surface area contributed by atoms with Gasteiger partial charge in [0, 0.05) is 31.4 Å². The third-order valence-corrected chi connectivity index (χ3v) is 4.92. The van der Waals surface area contributed by atoms with Crippen LogP contribution in [0.25, 0.3) is 0 Å². The van der Waals surface area contributed by atoms with Crippen molar-refractivity contribution in [2.75, 3.05) is 19.0 Å². The van der Waals surface area contributed by atoms with Gasteiger partial charge in [0.2, 0.25) is 0 Å². The second kappa shape index (κ2) is 6.00. The molecular formula is C18H23N3O. The molecule has 1 aromatic carbocycles. The lowest BCUT2D eigenvalue weighted by atomic mass is 10.0. The maximum Gasteiger partial charge on any atom is 0.257 e. The first-order valence-electron chi connectivity index (χ1n) is 8.17. The molecule has 22 heavy (non-hydrogen) atoms. The minimum Gasteiger partial charge on any atom is -0.377 e. The molecule has 0 N–H and O–H groups in total. The summed E-state index contributed by atoms with van der Waals surface area (Å²) in [6.45, 7) is 0. The van der Waals surface area contributed by atoms with Crippen LogP contribution in [-0.4, -0.2) is 30.9 Å². The van der Waals surface area contributed by atoms with Crippen molar-refractivity contribution in [1.29, 1.82) is 5.26 Å². The molecule has 0 saturated heterocycles. The zero-order valence-electron chi connectivity index (χ0n) is 13.4. The highest BCUT2D eigenvalue weighted by Gasteiger charge is 2.42.